The molecular formula is C24H25N3O2S. The van der Waals surface area contributed by atoms with Crippen LogP contribution in [0.1, 0.15) is 48.7 Å². The van der Waals surface area contributed by atoms with Gasteiger partial charge in [0.15, 0.2) is 0 Å². The van der Waals surface area contributed by atoms with Crippen LogP contribution in [0.5, 0.6) is 0 Å². The van der Waals surface area contributed by atoms with E-state index in [2.05, 4.69) is 17.4 Å². The number of para-hydroxylation sites is 2. The summed E-state index contributed by atoms with van der Waals surface area (Å²) in [7, 11) is 0. The molecule has 0 unspecified atom stereocenters. The lowest BCUT2D eigenvalue weighted by molar-refractivity contribution is -0.135. The second-order valence-corrected chi connectivity index (χ2v) is 9.27. The van der Waals surface area contributed by atoms with E-state index < -0.39 is 0 Å². The highest BCUT2D eigenvalue weighted by atomic mass is 32.1. The summed E-state index contributed by atoms with van der Waals surface area (Å²) in [6.07, 6.45) is 4.81. The molecule has 5 nitrogen and oxygen atoms in total. The molecule has 0 bridgehead atoms. The second kappa shape index (κ2) is 8.19. The number of piperidine rings is 1. The topological polar surface area (TPSA) is 62.3 Å². The minimum atomic E-state index is -0.144. The summed E-state index contributed by atoms with van der Waals surface area (Å²) in [6, 6.07) is 16.1. The van der Waals surface area contributed by atoms with Gasteiger partial charge in [-0.1, -0.05) is 30.3 Å². The number of nitrogens with one attached hydrogen (secondary N) is 1. The molecule has 0 saturated carbocycles. The third-order valence-electron chi connectivity index (χ3n) is 6.24. The number of rotatable bonds is 4. The van der Waals surface area contributed by atoms with E-state index in [-0.39, 0.29) is 23.8 Å². The zero-order chi connectivity index (χ0) is 20.5. The van der Waals surface area contributed by atoms with Gasteiger partial charge >= 0.3 is 0 Å². The number of amides is 2. The molecule has 1 fully saturated rings. The van der Waals surface area contributed by atoms with Gasteiger partial charge in [0, 0.05) is 24.6 Å². The molecule has 3 heterocycles. The van der Waals surface area contributed by atoms with Crippen LogP contribution < -0.4 is 5.32 Å². The Morgan fingerprint density at radius 3 is 2.87 bits per heavy atom. The third-order valence-corrected chi connectivity index (χ3v) is 7.38. The average molecular weight is 420 g/mol. The first-order chi connectivity index (χ1) is 14.7. The van der Waals surface area contributed by atoms with Crippen LogP contribution in [-0.2, 0) is 16.0 Å². The van der Waals surface area contributed by atoms with Gasteiger partial charge in [-0.25, -0.2) is 4.98 Å². The number of aromatic nitrogens is 1. The van der Waals surface area contributed by atoms with Gasteiger partial charge in [-0.05, 0) is 55.9 Å². The van der Waals surface area contributed by atoms with Crippen LogP contribution in [0.25, 0.3) is 10.2 Å². The normalized spacial score (nSPS) is 21.3. The van der Waals surface area contributed by atoms with Crippen molar-refractivity contribution in [2.75, 3.05) is 11.9 Å². The molecule has 0 radical (unpaired) electrons. The van der Waals surface area contributed by atoms with Crippen molar-refractivity contribution in [1.29, 1.82) is 0 Å². The van der Waals surface area contributed by atoms with Gasteiger partial charge in [0.25, 0.3) is 0 Å². The quantitative estimate of drug-likeness (QED) is 0.651. The van der Waals surface area contributed by atoms with E-state index in [1.807, 2.05) is 41.3 Å². The van der Waals surface area contributed by atoms with Gasteiger partial charge in [-0.2, -0.15) is 0 Å². The molecule has 2 aliphatic heterocycles. The van der Waals surface area contributed by atoms with Crippen LogP contribution in [0.15, 0.2) is 48.5 Å². The zero-order valence-corrected chi connectivity index (χ0v) is 17.7. The SMILES string of the molecule is O=C1Nc2ccccc2C[C@@H]1CCC(=O)N1CCCC[C@H]1c1nc2ccccc2s1. The van der Waals surface area contributed by atoms with Crippen molar-refractivity contribution >= 4 is 39.1 Å². The molecule has 154 valence electrons. The second-order valence-electron chi connectivity index (χ2n) is 8.20. The Labute approximate surface area is 180 Å². The number of carbonyl (C=O) groups is 2. The molecule has 30 heavy (non-hydrogen) atoms. The van der Waals surface area contributed by atoms with Crippen molar-refractivity contribution in [3.8, 4) is 0 Å². The van der Waals surface area contributed by atoms with E-state index in [1.54, 1.807) is 11.3 Å². The van der Waals surface area contributed by atoms with Gasteiger partial charge < -0.3 is 10.2 Å². The molecular weight excluding hydrogens is 394 g/mol. The highest BCUT2D eigenvalue weighted by Crippen LogP contribution is 2.36. The van der Waals surface area contributed by atoms with Crippen molar-refractivity contribution in [3.63, 3.8) is 0 Å². The number of hydrogen-bond donors (Lipinski definition) is 1. The van der Waals surface area contributed by atoms with Gasteiger partial charge in [0.05, 0.1) is 16.3 Å². The van der Waals surface area contributed by atoms with E-state index >= 15 is 0 Å². The third kappa shape index (κ3) is 3.72. The van der Waals surface area contributed by atoms with Crippen LogP contribution in [0.3, 0.4) is 0 Å². The average Bonchev–Trinajstić information content (AvgIpc) is 3.21. The van der Waals surface area contributed by atoms with Gasteiger partial charge in [-0.15, -0.1) is 11.3 Å². The molecule has 1 saturated heterocycles. The first kappa shape index (κ1) is 19.2. The molecule has 1 aromatic heterocycles. The van der Waals surface area contributed by atoms with E-state index in [4.69, 9.17) is 4.98 Å². The number of anilines is 1. The minimum absolute atomic E-state index is 0.0304. The van der Waals surface area contributed by atoms with Crippen LogP contribution in [-0.4, -0.2) is 28.2 Å². The van der Waals surface area contributed by atoms with E-state index in [9.17, 15) is 9.59 Å². The minimum Gasteiger partial charge on any atom is -0.333 e. The Morgan fingerprint density at radius 2 is 1.97 bits per heavy atom. The summed E-state index contributed by atoms with van der Waals surface area (Å²) in [4.78, 5) is 32.5. The zero-order valence-electron chi connectivity index (χ0n) is 16.8. The number of fused-ring (bicyclic) bond motifs is 2. The lowest BCUT2D eigenvalue weighted by Gasteiger charge is -2.35. The Balaban J connectivity index is 1.28. The lowest BCUT2D eigenvalue weighted by Crippen LogP contribution is -2.39. The summed E-state index contributed by atoms with van der Waals surface area (Å²) in [5.41, 5.74) is 3.06. The first-order valence-corrected chi connectivity index (χ1v) is 11.5. The van der Waals surface area contributed by atoms with Crippen LogP contribution in [0.2, 0.25) is 0 Å². The van der Waals surface area contributed by atoms with Gasteiger partial charge in [0.2, 0.25) is 11.8 Å². The van der Waals surface area contributed by atoms with Crippen molar-refractivity contribution in [2.24, 2.45) is 5.92 Å². The number of carbonyl (C=O) groups excluding carboxylic acids is 2. The largest absolute Gasteiger partial charge is 0.333 e. The summed E-state index contributed by atoms with van der Waals surface area (Å²) in [5.74, 6) is 0.0306. The maximum absolute atomic E-state index is 13.2. The van der Waals surface area contributed by atoms with Gasteiger partial charge in [-0.3, -0.25) is 9.59 Å². The Morgan fingerprint density at radius 1 is 1.13 bits per heavy atom. The lowest BCUT2D eigenvalue weighted by atomic mass is 9.89. The number of benzene rings is 2. The maximum atomic E-state index is 13.2. The van der Waals surface area contributed by atoms with E-state index in [0.717, 1.165) is 47.6 Å². The standard InChI is InChI=1S/C24H25N3O2S/c28-22(13-12-17-15-16-7-1-2-8-18(16)25-23(17)29)27-14-6-5-10-20(27)24-26-19-9-3-4-11-21(19)30-24/h1-4,7-9,11,17,20H,5-6,10,12-15H2,(H,25,29)/t17-,20-/m0/s1. The van der Waals surface area contributed by atoms with Crippen molar-refractivity contribution in [2.45, 2.75) is 44.6 Å². The molecule has 1 N–H and O–H groups in total. The summed E-state index contributed by atoms with van der Waals surface area (Å²) < 4.78 is 1.17. The monoisotopic (exact) mass is 419 g/mol. The van der Waals surface area contributed by atoms with Crippen LogP contribution in [0.4, 0.5) is 5.69 Å². The number of nitrogens with zero attached hydrogens (tertiary/aromatic N) is 2. The summed E-state index contributed by atoms with van der Waals surface area (Å²) in [6.45, 7) is 0.777. The molecule has 2 aromatic carbocycles. The first-order valence-electron chi connectivity index (χ1n) is 10.7. The van der Waals surface area contributed by atoms with E-state index in [0.29, 0.717) is 19.3 Å². The number of hydrogen-bond acceptors (Lipinski definition) is 4. The highest BCUT2D eigenvalue weighted by molar-refractivity contribution is 7.18. The summed E-state index contributed by atoms with van der Waals surface area (Å²) in [5, 5.41) is 4.03. The van der Waals surface area contributed by atoms with Crippen molar-refractivity contribution in [1.82, 2.24) is 9.88 Å². The maximum Gasteiger partial charge on any atom is 0.227 e. The number of thiazole rings is 1. The van der Waals surface area contributed by atoms with Crippen LogP contribution in [0, 0.1) is 5.92 Å². The van der Waals surface area contributed by atoms with Gasteiger partial charge in [0.1, 0.15) is 5.01 Å². The van der Waals surface area contributed by atoms with Crippen molar-refractivity contribution < 1.29 is 9.59 Å². The molecule has 0 spiro atoms. The predicted octanol–water partition coefficient (Wildman–Crippen LogP) is 4.94. The van der Waals surface area contributed by atoms with Crippen LogP contribution >= 0.6 is 11.3 Å². The fraction of sp³-hybridized carbons (Fsp3) is 0.375. The fourth-order valence-electron chi connectivity index (χ4n) is 4.61. The summed E-state index contributed by atoms with van der Waals surface area (Å²) >= 11 is 1.69. The van der Waals surface area contributed by atoms with Crippen molar-refractivity contribution in [3.05, 3.63) is 59.1 Å². The van der Waals surface area contributed by atoms with E-state index in [1.165, 1.54) is 4.70 Å². The highest BCUT2D eigenvalue weighted by Gasteiger charge is 2.32. The molecule has 2 aliphatic rings. The Kier molecular flexibility index (Phi) is 5.25. The Bertz CT molecular complexity index is 1060. The molecule has 3 aromatic rings. The smallest absolute Gasteiger partial charge is 0.227 e. The molecule has 2 atom stereocenters. The molecule has 6 heteroatoms. The predicted molar refractivity (Wildman–Crippen MR) is 119 cm³/mol. The molecule has 2 amide bonds. The Hall–Kier alpha value is -2.73. The molecule has 5 rings (SSSR count). The fourth-order valence-corrected chi connectivity index (χ4v) is 5.72. The molecule has 0 aliphatic carbocycles. The number of likely N-dealkylation sites (tertiary alicyclic amines) is 1.